The third-order valence-corrected chi connectivity index (χ3v) is 5.55. The highest BCUT2D eigenvalue weighted by Crippen LogP contribution is 2.37. The fourth-order valence-electron chi connectivity index (χ4n) is 3.23. The van der Waals surface area contributed by atoms with Crippen LogP contribution in [0.15, 0.2) is 30.3 Å². The second kappa shape index (κ2) is 5.24. The van der Waals surface area contributed by atoms with E-state index in [1.54, 1.807) is 0 Å². The van der Waals surface area contributed by atoms with Crippen molar-refractivity contribution in [2.75, 3.05) is 25.4 Å². The van der Waals surface area contributed by atoms with Crippen LogP contribution in [-0.4, -0.2) is 41.0 Å². The van der Waals surface area contributed by atoms with Gasteiger partial charge in [-0.3, -0.25) is 0 Å². The molecule has 0 aromatic heterocycles. The number of hydrogen-bond donors (Lipinski definition) is 1. The van der Waals surface area contributed by atoms with Crippen molar-refractivity contribution in [2.24, 2.45) is 5.92 Å². The number of aliphatic hydroxyl groups is 1. The van der Waals surface area contributed by atoms with E-state index in [2.05, 4.69) is 35.2 Å². The standard InChI is InChI=1S/C15H21NOS/c17-15(11-16-8-6-14(15)7-9-16)12-18-10-13-4-2-1-3-5-13/h1-5,14,17H,6-12H2/t15-/m0/s1. The van der Waals surface area contributed by atoms with Gasteiger partial charge in [0.2, 0.25) is 0 Å². The van der Waals surface area contributed by atoms with Crippen LogP contribution in [0.5, 0.6) is 0 Å². The van der Waals surface area contributed by atoms with Gasteiger partial charge in [0.05, 0.1) is 5.60 Å². The fourth-order valence-corrected chi connectivity index (χ4v) is 4.44. The van der Waals surface area contributed by atoms with Gasteiger partial charge in [-0.1, -0.05) is 30.3 Å². The van der Waals surface area contributed by atoms with E-state index < -0.39 is 5.60 Å². The summed E-state index contributed by atoms with van der Waals surface area (Å²) >= 11 is 1.87. The lowest BCUT2D eigenvalue weighted by atomic mass is 9.76. The third kappa shape index (κ3) is 2.58. The average molecular weight is 263 g/mol. The van der Waals surface area contributed by atoms with Gasteiger partial charge in [0.25, 0.3) is 0 Å². The summed E-state index contributed by atoms with van der Waals surface area (Å²) in [6.07, 6.45) is 2.37. The van der Waals surface area contributed by atoms with Crippen LogP contribution in [0, 0.1) is 5.92 Å². The Kier molecular flexibility index (Phi) is 3.64. The molecule has 3 heterocycles. The molecule has 0 amide bonds. The van der Waals surface area contributed by atoms with E-state index in [1.807, 2.05) is 11.8 Å². The van der Waals surface area contributed by atoms with Gasteiger partial charge in [-0.15, -0.1) is 0 Å². The first-order valence-electron chi connectivity index (χ1n) is 6.83. The van der Waals surface area contributed by atoms with E-state index >= 15 is 0 Å². The molecular weight excluding hydrogens is 242 g/mol. The summed E-state index contributed by atoms with van der Waals surface area (Å²) in [6.45, 7) is 3.27. The van der Waals surface area contributed by atoms with Crippen LogP contribution in [0.2, 0.25) is 0 Å². The molecule has 0 spiro atoms. The number of thioether (sulfide) groups is 1. The van der Waals surface area contributed by atoms with Gasteiger partial charge < -0.3 is 10.0 Å². The lowest BCUT2D eigenvalue weighted by molar-refractivity contribution is -0.0949. The first-order valence-corrected chi connectivity index (χ1v) is 7.98. The van der Waals surface area contributed by atoms with Crippen LogP contribution in [0.4, 0.5) is 0 Å². The van der Waals surface area contributed by atoms with Crippen molar-refractivity contribution in [3.05, 3.63) is 35.9 Å². The van der Waals surface area contributed by atoms with E-state index in [9.17, 15) is 5.11 Å². The zero-order chi connectivity index (χ0) is 12.4. The average Bonchev–Trinajstić information content (AvgIpc) is 2.41. The number of fused-ring (bicyclic) bond motifs is 3. The number of rotatable bonds is 4. The molecule has 0 radical (unpaired) electrons. The highest BCUT2D eigenvalue weighted by atomic mass is 32.2. The third-order valence-electron chi connectivity index (χ3n) is 4.31. The van der Waals surface area contributed by atoms with E-state index in [0.717, 1.165) is 18.1 Å². The molecule has 1 N–H and O–H groups in total. The summed E-state index contributed by atoms with van der Waals surface area (Å²) in [5.41, 5.74) is 0.919. The Morgan fingerprint density at radius 2 is 1.94 bits per heavy atom. The zero-order valence-corrected chi connectivity index (χ0v) is 11.5. The molecule has 1 aromatic carbocycles. The molecule has 0 aliphatic carbocycles. The van der Waals surface area contributed by atoms with Crippen LogP contribution >= 0.6 is 11.8 Å². The fraction of sp³-hybridized carbons (Fsp3) is 0.600. The Bertz CT molecular complexity index is 389. The van der Waals surface area contributed by atoms with E-state index in [0.29, 0.717) is 5.92 Å². The molecule has 98 valence electrons. The lowest BCUT2D eigenvalue weighted by Crippen LogP contribution is -2.60. The topological polar surface area (TPSA) is 23.5 Å². The predicted molar refractivity (Wildman–Crippen MR) is 76.7 cm³/mol. The molecule has 3 aliphatic rings. The number of hydrogen-bond acceptors (Lipinski definition) is 3. The van der Waals surface area contributed by atoms with Gasteiger partial charge >= 0.3 is 0 Å². The van der Waals surface area contributed by atoms with Gasteiger partial charge in [0.1, 0.15) is 0 Å². The summed E-state index contributed by atoms with van der Waals surface area (Å²) in [5, 5.41) is 10.8. The maximum absolute atomic E-state index is 10.8. The van der Waals surface area contributed by atoms with Gasteiger partial charge in [0, 0.05) is 18.1 Å². The Balaban J connectivity index is 1.54. The zero-order valence-electron chi connectivity index (χ0n) is 10.7. The SMILES string of the molecule is O[C@]1(CSCc2ccccc2)CN2CCC1CC2. The molecule has 3 aliphatic heterocycles. The van der Waals surface area contributed by atoms with Crippen molar-refractivity contribution in [3.8, 4) is 0 Å². The van der Waals surface area contributed by atoms with Crippen molar-refractivity contribution < 1.29 is 5.11 Å². The summed E-state index contributed by atoms with van der Waals surface area (Å²) in [6, 6.07) is 10.5. The molecule has 2 bridgehead atoms. The van der Waals surface area contributed by atoms with Crippen LogP contribution in [0.1, 0.15) is 18.4 Å². The molecule has 4 rings (SSSR count). The maximum Gasteiger partial charge on any atom is 0.0892 e. The monoisotopic (exact) mass is 263 g/mol. The molecule has 1 atom stereocenters. The Labute approximate surface area is 113 Å². The first-order chi connectivity index (χ1) is 8.76. The molecule has 18 heavy (non-hydrogen) atoms. The largest absolute Gasteiger partial charge is 0.387 e. The Morgan fingerprint density at radius 1 is 1.22 bits per heavy atom. The van der Waals surface area contributed by atoms with E-state index in [4.69, 9.17) is 0 Å². The Hall–Kier alpha value is -0.510. The van der Waals surface area contributed by atoms with Crippen LogP contribution in [0.25, 0.3) is 0 Å². The molecule has 3 saturated heterocycles. The van der Waals surface area contributed by atoms with Gasteiger partial charge in [-0.25, -0.2) is 0 Å². The second-order valence-corrected chi connectivity index (χ2v) is 6.62. The highest BCUT2D eigenvalue weighted by molar-refractivity contribution is 7.98. The lowest BCUT2D eigenvalue weighted by Gasteiger charge is -2.50. The Morgan fingerprint density at radius 3 is 2.56 bits per heavy atom. The number of piperidine rings is 3. The number of benzene rings is 1. The second-order valence-electron chi connectivity index (χ2n) is 5.63. The highest BCUT2D eigenvalue weighted by Gasteiger charge is 2.44. The van der Waals surface area contributed by atoms with Crippen molar-refractivity contribution in [2.45, 2.75) is 24.2 Å². The van der Waals surface area contributed by atoms with E-state index in [-0.39, 0.29) is 0 Å². The summed E-state index contributed by atoms with van der Waals surface area (Å²) < 4.78 is 0. The van der Waals surface area contributed by atoms with E-state index in [1.165, 1.54) is 31.5 Å². The minimum absolute atomic E-state index is 0.435. The van der Waals surface area contributed by atoms with Gasteiger partial charge in [-0.2, -0.15) is 11.8 Å². The van der Waals surface area contributed by atoms with Crippen molar-refractivity contribution in [1.82, 2.24) is 4.90 Å². The van der Waals surface area contributed by atoms with Gasteiger partial charge in [0.15, 0.2) is 0 Å². The maximum atomic E-state index is 10.8. The van der Waals surface area contributed by atoms with Crippen LogP contribution in [-0.2, 0) is 5.75 Å². The smallest absolute Gasteiger partial charge is 0.0892 e. The molecule has 1 aromatic rings. The minimum atomic E-state index is -0.435. The number of nitrogens with zero attached hydrogens (tertiary/aromatic N) is 1. The predicted octanol–water partition coefficient (Wildman–Crippen LogP) is 2.38. The van der Waals surface area contributed by atoms with Crippen molar-refractivity contribution in [3.63, 3.8) is 0 Å². The molecule has 0 unspecified atom stereocenters. The molecule has 2 nitrogen and oxygen atoms in total. The molecule has 3 fully saturated rings. The normalized spacial score (nSPS) is 34.7. The van der Waals surface area contributed by atoms with Crippen molar-refractivity contribution >= 4 is 11.8 Å². The molecular formula is C15H21NOS. The first kappa shape index (κ1) is 12.5. The van der Waals surface area contributed by atoms with Crippen LogP contribution < -0.4 is 0 Å². The minimum Gasteiger partial charge on any atom is -0.387 e. The quantitative estimate of drug-likeness (QED) is 0.902. The molecule has 3 heteroatoms. The summed E-state index contributed by atoms with van der Waals surface area (Å²) in [5.74, 6) is 2.42. The van der Waals surface area contributed by atoms with Crippen molar-refractivity contribution in [1.29, 1.82) is 0 Å². The molecule has 0 saturated carbocycles. The van der Waals surface area contributed by atoms with Crippen LogP contribution in [0.3, 0.4) is 0 Å². The summed E-state index contributed by atoms with van der Waals surface area (Å²) in [7, 11) is 0. The summed E-state index contributed by atoms with van der Waals surface area (Å²) in [4.78, 5) is 2.42. The van der Waals surface area contributed by atoms with Gasteiger partial charge in [-0.05, 0) is 37.4 Å².